The molecule has 2 heterocycles. The molecular weight excluding hydrogens is 264 g/mol. The number of likely N-dealkylation sites (N-methyl/N-ethyl adjacent to an activating group) is 1. The Hall–Kier alpha value is -0.210. The molecule has 2 saturated heterocycles. The Morgan fingerprint density at radius 2 is 1.68 bits per heavy atom. The molecule has 0 spiro atoms. The van der Waals surface area contributed by atoms with E-state index in [2.05, 4.69) is 4.90 Å². The van der Waals surface area contributed by atoms with Gasteiger partial charge in [-0.3, -0.25) is 0 Å². The van der Waals surface area contributed by atoms with Crippen LogP contribution in [-0.4, -0.2) is 74.8 Å². The van der Waals surface area contributed by atoms with Gasteiger partial charge in [-0.05, 0) is 45.8 Å². The zero-order valence-electron chi connectivity index (χ0n) is 12.0. The van der Waals surface area contributed by atoms with Crippen LogP contribution in [0.3, 0.4) is 0 Å². The van der Waals surface area contributed by atoms with E-state index in [1.807, 2.05) is 14.1 Å². The minimum absolute atomic E-state index is 0.344. The van der Waals surface area contributed by atoms with Gasteiger partial charge in [-0.2, -0.15) is 17.0 Å². The highest BCUT2D eigenvalue weighted by atomic mass is 32.2. The first-order valence-electron chi connectivity index (χ1n) is 7.07. The van der Waals surface area contributed by atoms with Crippen LogP contribution < -0.4 is 5.73 Å². The maximum Gasteiger partial charge on any atom is 0.282 e. The van der Waals surface area contributed by atoms with Crippen molar-refractivity contribution in [1.29, 1.82) is 0 Å². The predicted molar refractivity (Wildman–Crippen MR) is 75.9 cm³/mol. The Labute approximate surface area is 116 Å². The number of hydrogen-bond acceptors (Lipinski definition) is 4. The molecular formula is C12H26N4O2S. The van der Waals surface area contributed by atoms with Crippen LogP contribution in [0.1, 0.15) is 19.3 Å². The normalized spacial score (nSPS) is 28.3. The lowest BCUT2D eigenvalue weighted by atomic mass is 9.99. The molecule has 0 saturated carbocycles. The van der Waals surface area contributed by atoms with Crippen molar-refractivity contribution >= 4 is 10.2 Å². The predicted octanol–water partition coefficient (Wildman–Crippen LogP) is -0.462. The van der Waals surface area contributed by atoms with E-state index in [1.54, 1.807) is 8.61 Å². The minimum Gasteiger partial charge on any atom is -0.330 e. The summed E-state index contributed by atoms with van der Waals surface area (Å²) in [5.74, 6) is 0.486. The van der Waals surface area contributed by atoms with E-state index in [0.29, 0.717) is 44.7 Å². The Balaban J connectivity index is 1.96. The van der Waals surface area contributed by atoms with Crippen molar-refractivity contribution in [3.63, 3.8) is 0 Å². The summed E-state index contributed by atoms with van der Waals surface area (Å²) in [4.78, 5) is 2.11. The first kappa shape index (κ1) is 15.2. The van der Waals surface area contributed by atoms with Crippen LogP contribution in [-0.2, 0) is 10.2 Å². The van der Waals surface area contributed by atoms with Gasteiger partial charge in [-0.1, -0.05) is 0 Å². The molecule has 0 bridgehead atoms. The van der Waals surface area contributed by atoms with Crippen LogP contribution in [0.2, 0.25) is 0 Å². The van der Waals surface area contributed by atoms with E-state index in [0.717, 1.165) is 19.3 Å². The van der Waals surface area contributed by atoms with Gasteiger partial charge in [0.05, 0.1) is 0 Å². The summed E-state index contributed by atoms with van der Waals surface area (Å²) in [6, 6.07) is 0.344. The largest absolute Gasteiger partial charge is 0.330 e. The van der Waals surface area contributed by atoms with Gasteiger partial charge in [0.25, 0.3) is 10.2 Å². The van der Waals surface area contributed by atoms with Crippen LogP contribution in [0.5, 0.6) is 0 Å². The molecule has 2 N–H and O–H groups in total. The van der Waals surface area contributed by atoms with Gasteiger partial charge in [-0.25, -0.2) is 0 Å². The molecule has 0 aromatic carbocycles. The van der Waals surface area contributed by atoms with Gasteiger partial charge in [0.15, 0.2) is 0 Å². The molecule has 6 nitrogen and oxygen atoms in total. The van der Waals surface area contributed by atoms with Crippen molar-refractivity contribution in [3.8, 4) is 0 Å². The van der Waals surface area contributed by atoms with Crippen molar-refractivity contribution in [1.82, 2.24) is 13.5 Å². The second kappa shape index (κ2) is 6.05. The fourth-order valence-corrected chi connectivity index (χ4v) is 4.58. The van der Waals surface area contributed by atoms with E-state index in [1.165, 1.54) is 0 Å². The van der Waals surface area contributed by atoms with Crippen molar-refractivity contribution in [2.45, 2.75) is 25.3 Å². The molecule has 2 fully saturated rings. The molecule has 0 amide bonds. The van der Waals surface area contributed by atoms with Crippen molar-refractivity contribution in [2.75, 3.05) is 46.8 Å². The fraction of sp³-hybridized carbons (Fsp3) is 1.00. The van der Waals surface area contributed by atoms with Crippen LogP contribution >= 0.6 is 0 Å². The Morgan fingerprint density at radius 1 is 1.11 bits per heavy atom. The van der Waals surface area contributed by atoms with E-state index >= 15 is 0 Å². The standard InChI is InChI=1S/C12H26N4O2S/c1-14(2)12-5-8-16(10-12)19(17,18)15-6-3-11(9-13)4-7-15/h11-12H,3-10,13H2,1-2H3. The van der Waals surface area contributed by atoms with E-state index in [-0.39, 0.29) is 0 Å². The number of nitrogens with zero attached hydrogens (tertiary/aromatic N) is 3. The van der Waals surface area contributed by atoms with Crippen LogP contribution in [0, 0.1) is 5.92 Å². The third-order valence-electron chi connectivity index (χ3n) is 4.42. The van der Waals surface area contributed by atoms with Gasteiger partial charge in [0.2, 0.25) is 0 Å². The Bertz CT molecular complexity index is 391. The highest BCUT2D eigenvalue weighted by molar-refractivity contribution is 7.86. The highest BCUT2D eigenvalue weighted by Crippen LogP contribution is 2.24. The monoisotopic (exact) mass is 290 g/mol. The van der Waals surface area contributed by atoms with Crippen LogP contribution in [0.4, 0.5) is 0 Å². The lowest BCUT2D eigenvalue weighted by Crippen LogP contribution is -2.47. The highest BCUT2D eigenvalue weighted by Gasteiger charge is 2.37. The topological polar surface area (TPSA) is 69.9 Å². The quantitative estimate of drug-likeness (QED) is 0.760. The third-order valence-corrected chi connectivity index (χ3v) is 6.42. The molecule has 0 aromatic rings. The maximum atomic E-state index is 12.6. The zero-order chi connectivity index (χ0) is 14.0. The summed E-state index contributed by atoms with van der Waals surface area (Å²) in [6.07, 6.45) is 2.70. The number of nitrogens with two attached hydrogens (primary N) is 1. The Kier molecular flexibility index (Phi) is 4.84. The summed E-state index contributed by atoms with van der Waals surface area (Å²) in [7, 11) is 0.754. The molecule has 19 heavy (non-hydrogen) atoms. The molecule has 0 aliphatic carbocycles. The average Bonchev–Trinajstić information content (AvgIpc) is 2.89. The molecule has 0 radical (unpaired) electrons. The average molecular weight is 290 g/mol. The van der Waals surface area contributed by atoms with E-state index in [4.69, 9.17) is 5.73 Å². The number of hydrogen-bond donors (Lipinski definition) is 1. The Morgan fingerprint density at radius 3 is 2.16 bits per heavy atom. The van der Waals surface area contributed by atoms with Crippen molar-refractivity contribution in [2.24, 2.45) is 11.7 Å². The molecule has 0 aromatic heterocycles. The first-order valence-corrected chi connectivity index (χ1v) is 8.46. The van der Waals surface area contributed by atoms with Gasteiger partial charge in [-0.15, -0.1) is 0 Å². The third kappa shape index (κ3) is 3.28. The summed E-state index contributed by atoms with van der Waals surface area (Å²) < 4.78 is 28.4. The lowest BCUT2D eigenvalue weighted by Gasteiger charge is -2.33. The number of rotatable bonds is 4. The van der Waals surface area contributed by atoms with Gasteiger partial charge < -0.3 is 10.6 Å². The summed E-state index contributed by atoms with van der Waals surface area (Å²) in [6.45, 7) is 3.16. The maximum absolute atomic E-state index is 12.6. The first-order chi connectivity index (χ1) is 8.95. The molecule has 112 valence electrons. The van der Waals surface area contributed by atoms with Crippen LogP contribution in [0.15, 0.2) is 0 Å². The second-order valence-corrected chi connectivity index (χ2v) is 7.78. The fourth-order valence-electron chi connectivity index (χ4n) is 2.88. The lowest BCUT2D eigenvalue weighted by molar-refractivity contribution is 0.257. The zero-order valence-corrected chi connectivity index (χ0v) is 12.8. The van der Waals surface area contributed by atoms with Crippen LogP contribution in [0.25, 0.3) is 0 Å². The molecule has 1 unspecified atom stereocenters. The summed E-state index contributed by atoms with van der Waals surface area (Å²) in [5, 5.41) is 0. The molecule has 7 heteroatoms. The van der Waals surface area contributed by atoms with Gasteiger partial charge in [0, 0.05) is 32.2 Å². The molecule has 2 rings (SSSR count). The molecule has 2 aliphatic rings. The van der Waals surface area contributed by atoms with Gasteiger partial charge >= 0.3 is 0 Å². The SMILES string of the molecule is CN(C)C1CCN(S(=O)(=O)N2CCC(CN)CC2)C1. The molecule has 1 atom stereocenters. The van der Waals surface area contributed by atoms with E-state index in [9.17, 15) is 8.42 Å². The summed E-state index contributed by atoms with van der Waals surface area (Å²) >= 11 is 0. The minimum atomic E-state index is -3.26. The molecule has 2 aliphatic heterocycles. The summed E-state index contributed by atoms with van der Waals surface area (Å²) in [5.41, 5.74) is 5.65. The van der Waals surface area contributed by atoms with E-state index < -0.39 is 10.2 Å². The second-order valence-electron chi connectivity index (χ2n) is 5.85. The van der Waals surface area contributed by atoms with Gasteiger partial charge in [0.1, 0.15) is 0 Å². The van der Waals surface area contributed by atoms with Crippen molar-refractivity contribution in [3.05, 3.63) is 0 Å². The number of piperidine rings is 1. The van der Waals surface area contributed by atoms with Crippen molar-refractivity contribution < 1.29 is 8.42 Å². The smallest absolute Gasteiger partial charge is 0.282 e.